The van der Waals surface area contributed by atoms with Gasteiger partial charge in [0, 0.05) is 16.5 Å². The van der Waals surface area contributed by atoms with E-state index in [0.717, 1.165) is 33.5 Å². The molecule has 5 aromatic carbocycles. The van der Waals surface area contributed by atoms with E-state index in [4.69, 9.17) is 9.97 Å². The van der Waals surface area contributed by atoms with Crippen molar-refractivity contribution in [1.29, 1.82) is 0 Å². The summed E-state index contributed by atoms with van der Waals surface area (Å²) in [5.41, 5.74) is 11.7. The Kier molecular flexibility index (Phi) is 5.50. The van der Waals surface area contributed by atoms with Gasteiger partial charge in [-0.25, -0.2) is 9.97 Å². The van der Waals surface area contributed by atoms with Crippen LogP contribution in [0.1, 0.15) is 38.8 Å². The van der Waals surface area contributed by atoms with Gasteiger partial charge in [0.25, 0.3) is 0 Å². The Morgan fingerprint density at radius 1 is 0.450 bits per heavy atom. The molecule has 1 heterocycles. The average Bonchev–Trinajstić information content (AvgIpc) is 3.00. The Morgan fingerprint density at radius 3 is 1.95 bits per heavy atom. The third-order valence-corrected chi connectivity index (χ3v) is 9.25. The second kappa shape index (κ2) is 8.99. The zero-order valence-electron chi connectivity index (χ0n) is 23.4. The summed E-state index contributed by atoms with van der Waals surface area (Å²) in [7, 11) is 0. The van der Waals surface area contributed by atoms with E-state index in [1.54, 1.807) is 0 Å². The van der Waals surface area contributed by atoms with Crippen molar-refractivity contribution < 1.29 is 0 Å². The lowest BCUT2D eigenvalue weighted by molar-refractivity contribution is 0.299. The normalized spacial score (nSPS) is 14.9. The zero-order chi connectivity index (χ0) is 27.5. The van der Waals surface area contributed by atoms with E-state index in [0.29, 0.717) is 0 Å². The molecule has 0 spiro atoms. The maximum atomic E-state index is 5.24. The second-order valence-corrected chi connectivity index (χ2v) is 11.9. The molecule has 0 atom stereocenters. The molecule has 0 unspecified atom stereocenters. The SMILES string of the molecule is CC1(C)c2ccccc2-c2ccc(-c3nc(-c4cccc(-c5ccccc5)c4)c4ccccc4n3)cc2C1(C)C. The lowest BCUT2D eigenvalue weighted by Gasteiger charge is -2.48. The Labute approximate surface area is 236 Å². The van der Waals surface area contributed by atoms with Crippen LogP contribution in [0.2, 0.25) is 0 Å². The lowest BCUT2D eigenvalue weighted by Crippen LogP contribution is -2.43. The van der Waals surface area contributed by atoms with Gasteiger partial charge < -0.3 is 0 Å². The third-order valence-electron chi connectivity index (χ3n) is 9.25. The smallest absolute Gasteiger partial charge is 0.160 e. The molecule has 0 saturated heterocycles. The fourth-order valence-electron chi connectivity index (χ4n) is 6.27. The maximum Gasteiger partial charge on any atom is 0.160 e. The van der Waals surface area contributed by atoms with E-state index in [1.807, 2.05) is 0 Å². The third kappa shape index (κ3) is 3.71. The van der Waals surface area contributed by atoms with Crippen LogP contribution in [0, 0.1) is 0 Å². The van der Waals surface area contributed by atoms with Crippen molar-refractivity contribution in [2.45, 2.75) is 38.5 Å². The minimum Gasteiger partial charge on any atom is -0.228 e. The Morgan fingerprint density at radius 2 is 1.10 bits per heavy atom. The first kappa shape index (κ1) is 24.5. The first-order valence-electron chi connectivity index (χ1n) is 14.0. The van der Waals surface area contributed by atoms with Crippen molar-refractivity contribution in [1.82, 2.24) is 9.97 Å². The molecule has 0 radical (unpaired) electrons. The van der Waals surface area contributed by atoms with Crippen LogP contribution >= 0.6 is 0 Å². The highest BCUT2D eigenvalue weighted by Gasteiger charge is 2.45. The molecule has 0 saturated carbocycles. The van der Waals surface area contributed by atoms with Crippen LogP contribution in [0.3, 0.4) is 0 Å². The minimum absolute atomic E-state index is 0.0253. The fraction of sp³-hybridized carbons (Fsp3) is 0.158. The predicted octanol–water partition coefficient (Wildman–Crippen LogP) is 9.87. The summed E-state index contributed by atoms with van der Waals surface area (Å²) < 4.78 is 0. The lowest BCUT2D eigenvalue weighted by atomic mass is 9.55. The summed E-state index contributed by atoms with van der Waals surface area (Å²) in [4.78, 5) is 10.3. The molecule has 0 amide bonds. The highest BCUT2D eigenvalue weighted by atomic mass is 14.9. The fourth-order valence-corrected chi connectivity index (χ4v) is 6.27. The van der Waals surface area contributed by atoms with Crippen molar-refractivity contribution >= 4 is 10.9 Å². The maximum absolute atomic E-state index is 5.24. The largest absolute Gasteiger partial charge is 0.228 e. The molecule has 6 aromatic rings. The number of rotatable bonds is 3. The predicted molar refractivity (Wildman–Crippen MR) is 167 cm³/mol. The van der Waals surface area contributed by atoms with Gasteiger partial charge >= 0.3 is 0 Å². The van der Waals surface area contributed by atoms with E-state index in [-0.39, 0.29) is 10.8 Å². The van der Waals surface area contributed by atoms with Crippen LogP contribution < -0.4 is 0 Å². The van der Waals surface area contributed by atoms with Crippen molar-refractivity contribution in [3.05, 3.63) is 132 Å². The van der Waals surface area contributed by atoms with Gasteiger partial charge in [0.1, 0.15) is 0 Å². The zero-order valence-corrected chi connectivity index (χ0v) is 23.4. The van der Waals surface area contributed by atoms with Gasteiger partial charge in [-0.2, -0.15) is 0 Å². The summed E-state index contributed by atoms with van der Waals surface area (Å²) in [6.45, 7) is 9.47. The average molecular weight is 517 g/mol. The standard InChI is InChI=1S/C38H32N2/c1-37(2)32-19-10-8-17-29(32)30-22-21-28(24-33(30)38(37,3)4)36-39-34-20-11-9-18-31(34)35(40-36)27-16-12-15-26(23-27)25-13-6-5-7-14-25/h5-24H,1-4H3. The number of benzene rings is 5. The van der Waals surface area contributed by atoms with Gasteiger partial charge in [0.2, 0.25) is 0 Å². The van der Waals surface area contributed by atoms with Gasteiger partial charge in [-0.3, -0.25) is 0 Å². The van der Waals surface area contributed by atoms with Crippen LogP contribution in [0.5, 0.6) is 0 Å². The van der Waals surface area contributed by atoms with E-state index in [9.17, 15) is 0 Å². The van der Waals surface area contributed by atoms with E-state index in [2.05, 4.69) is 149 Å². The van der Waals surface area contributed by atoms with Crippen molar-refractivity contribution in [3.63, 3.8) is 0 Å². The Balaban J connectivity index is 1.42. The molecule has 1 aliphatic rings. The number of para-hydroxylation sites is 1. The van der Waals surface area contributed by atoms with Crippen LogP contribution in [0.15, 0.2) is 121 Å². The van der Waals surface area contributed by atoms with Crippen LogP contribution in [0.4, 0.5) is 0 Å². The number of aromatic nitrogens is 2. The van der Waals surface area contributed by atoms with Gasteiger partial charge in [-0.05, 0) is 62.4 Å². The number of fused-ring (bicyclic) bond motifs is 4. The van der Waals surface area contributed by atoms with Gasteiger partial charge in [0.05, 0.1) is 11.2 Å². The number of hydrogen-bond donors (Lipinski definition) is 0. The number of hydrogen-bond acceptors (Lipinski definition) is 2. The molecule has 0 N–H and O–H groups in total. The van der Waals surface area contributed by atoms with Gasteiger partial charge in [-0.15, -0.1) is 0 Å². The molecule has 7 rings (SSSR count). The molecular formula is C38H32N2. The van der Waals surface area contributed by atoms with Gasteiger partial charge in [-0.1, -0.05) is 131 Å². The summed E-state index contributed by atoms with van der Waals surface area (Å²) in [5.74, 6) is 0.758. The first-order chi connectivity index (χ1) is 19.3. The molecule has 2 nitrogen and oxygen atoms in total. The minimum atomic E-state index is -0.0730. The monoisotopic (exact) mass is 516 g/mol. The molecule has 194 valence electrons. The summed E-state index contributed by atoms with van der Waals surface area (Å²) in [5, 5.41) is 1.06. The molecule has 1 aromatic heterocycles. The molecule has 0 aliphatic heterocycles. The molecular weight excluding hydrogens is 484 g/mol. The van der Waals surface area contributed by atoms with Crippen molar-refractivity contribution in [2.24, 2.45) is 0 Å². The summed E-state index contributed by atoms with van der Waals surface area (Å²) >= 11 is 0. The summed E-state index contributed by atoms with van der Waals surface area (Å²) in [6.07, 6.45) is 0. The highest BCUT2D eigenvalue weighted by molar-refractivity contribution is 5.94. The van der Waals surface area contributed by atoms with E-state index >= 15 is 0 Å². The van der Waals surface area contributed by atoms with Gasteiger partial charge in [0.15, 0.2) is 5.82 Å². The van der Waals surface area contributed by atoms with Crippen molar-refractivity contribution in [3.8, 4) is 44.9 Å². The van der Waals surface area contributed by atoms with Crippen LogP contribution in [-0.2, 0) is 10.8 Å². The topological polar surface area (TPSA) is 25.8 Å². The van der Waals surface area contributed by atoms with E-state index in [1.165, 1.54) is 33.4 Å². The molecule has 2 heteroatoms. The quantitative estimate of drug-likeness (QED) is 0.234. The van der Waals surface area contributed by atoms with Crippen molar-refractivity contribution in [2.75, 3.05) is 0 Å². The van der Waals surface area contributed by atoms with Crippen LogP contribution in [-0.4, -0.2) is 9.97 Å². The number of nitrogens with zero attached hydrogens (tertiary/aromatic N) is 2. The first-order valence-corrected chi connectivity index (χ1v) is 14.0. The molecule has 0 fully saturated rings. The second-order valence-electron chi connectivity index (χ2n) is 11.9. The van der Waals surface area contributed by atoms with Crippen LogP contribution in [0.25, 0.3) is 55.8 Å². The summed E-state index contributed by atoms with van der Waals surface area (Å²) in [6, 6.07) is 43.2. The highest BCUT2D eigenvalue weighted by Crippen LogP contribution is 2.54. The Hall–Kier alpha value is -4.56. The molecule has 1 aliphatic carbocycles. The molecule has 40 heavy (non-hydrogen) atoms. The van der Waals surface area contributed by atoms with E-state index < -0.39 is 0 Å². The Bertz CT molecular complexity index is 1900. The molecule has 0 bridgehead atoms.